The molecule has 0 aliphatic heterocycles. The van der Waals surface area contributed by atoms with E-state index in [4.69, 9.17) is 4.74 Å². The normalized spacial score (nSPS) is 23.3. The van der Waals surface area contributed by atoms with Gasteiger partial charge in [-0.1, -0.05) is 62.4 Å². The molecule has 2 unspecified atom stereocenters. The Bertz CT molecular complexity index is 784. The van der Waals surface area contributed by atoms with Crippen molar-refractivity contribution in [2.75, 3.05) is 6.61 Å². The lowest BCUT2D eigenvalue weighted by atomic mass is 9.85. The van der Waals surface area contributed by atoms with Crippen molar-refractivity contribution in [3.05, 3.63) is 59.7 Å². The highest BCUT2D eigenvalue weighted by atomic mass is 16.5. The van der Waals surface area contributed by atoms with Crippen LogP contribution in [0.2, 0.25) is 0 Å². The average molecular weight is 351 g/mol. The van der Waals surface area contributed by atoms with Crippen molar-refractivity contribution in [1.29, 1.82) is 0 Å². The molecule has 2 atom stereocenters. The summed E-state index contributed by atoms with van der Waals surface area (Å²) in [5, 5.41) is 13.0. The molecule has 2 N–H and O–H groups in total. The molecule has 136 valence electrons. The molecule has 0 heterocycles. The van der Waals surface area contributed by atoms with Crippen LogP contribution in [0.4, 0.5) is 4.79 Å². The van der Waals surface area contributed by atoms with Gasteiger partial charge in [-0.3, -0.25) is 0 Å². The number of hydrogen-bond donors (Lipinski definition) is 2. The van der Waals surface area contributed by atoms with Gasteiger partial charge in [0.15, 0.2) is 0 Å². The van der Waals surface area contributed by atoms with Crippen molar-refractivity contribution in [1.82, 2.24) is 5.32 Å². The highest BCUT2D eigenvalue weighted by Gasteiger charge is 2.43. The highest BCUT2D eigenvalue weighted by molar-refractivity contribution is 5.79. The maximum atomic E-state index is 12.4. The van der Waals surface area contributed by atoms with Crippen LogP contribution in [0.5, 0.6) is 0 Å². The Morgan fingerprint density at radius 1 is 1.08 bits per heavy atom. The minimum absolute atomic E-state index is 0.0619. The Hall–Kier alpha value is -2.33. The van der Waals surface area contributed by atoms with Crippen molar-refractivity contribution < 1.29 is 14.6 Å². The van der Waals surface area contributed by atoms with Crippen LogP contribution >= 0.6 is 0 Å². The first-order chi connectivity index (χ1) is 12.5. The van der Waals surface area contributed by atoms with E-state index in [2.05, 4.69) is 29.6 Å². The Morgan fingerprint density at radius 3 is 2.19 bits per heavy atom. The molecule has 26 heavy (non-hydrogen) atoms. The Kier molecular flexibility index (Phi) is 4.23. The molecule has 2 aromatic carbocycles. The van der Waals surface area contributed by atoms with Gasteiger partial charge in [-0.25, -0.2) is 4.79 Å². The zero-order valence-corrected chi connectivity index (χ0v) is 15.2. The molecule has 4 nitrogen and oxygen atoms in total. The van der Waals surface area contributed by atoms with E-state index in [0.29, 0.717) is 13.0 Å². The maximum Gasteiger partial charge on any atom is 0.407 e. The minimum atomic E-state index is -0.404. The van der Waals surface area contributed by atoms with Gasteiger partial charge in [0.1, 0.15) is 6.61 Å². The zero-order chi connectivity index (χ0) is 18.3. The second kappa shape index (κ2) is 6.44. The van der Waals surface area contributed by atoms with Crippen LogP contribution in [-0.2, 0) is 4.74 Å². The fourth-order valence-corrected chi connectivity index (χ4v) is 4.34. The van der Waals surface area contributed by atoms with Crippen LogP contribution in [0.25, 0.3) is 11.1 Å². The summed E-state index contributed by atoms with van der Waals surface area (Å²) in [6, 6.07) is 16.5. The van der Waals surface area contributed by atoms with Crippen LogP contribution in [0.1, 0.15) is 43.7 Å². The topological polar surface area (TPSA) is 58.6 Å². The SMILES string of the molecule is CC1(C)C(O)CCC1NC(=O)OCC1c2ccccc2-c2ccccc21. The zero-order valence-electron chi connectivity index (χ0n) is 15.2. The first kappa shape index (κ1) is 17.1. The lowest BCUT2D eigenvalue weighted by molar-refractivity contribution is 0.0616. The first-order valence-electron chi connectivity index (χ1n) is 9.28. The summed E-state index contributed by atoms with van der Waals surface area (Å²) in [7, 11) is 0. The van der Waals surface area contributed by atoms with Crippen LogP contribution in [0.15, 0.2) is 48.5 Å². The number of benzene rings is 2. The number of amides is 1. The largest absolute Gasteiger partial charge is 0.449 e. The predicted molar refractivity (Wildman–Crippen MR) is 101 cm³/mol. The number of fused-ring (bicyclic) bond motifs is 3. The molecular weight excluding hydrogens is 326 g/mol. The van der Waals surface area contributed by atoms with Gasteiger partial charge in [0.2, 0.25) is 0 Å². The van der Waals surface area contributed by atoms with Crippen LogP contribution in [0, 0.1) is 5.41 Å². The standard InChI is InChI=1S/C22H25NO3/c1-22(2)19(11-12-20(22)24)23-21(25)26-13-18-16-9-5-3-7-14(16)15-8-4-6-10-17(15)18/h3-10,18-20,24H,11-13H2,1-2H3,(H,23,25). The smallest absolute Gasteiger partial charge is 0.407 e. The van der Waals surface area contributed by atoms with Gasteiger partial charge < -0.3 is 15.2 Å². The van der Waals surface area contributed by atoms with Gasteiger partial charge in [-0.2, -0.15) is 0 Å². The van der Waals surface area contributed by atoms with Gasteiger partial charge in [0.25, 0.3) is 0 Å². The fourth-order valence-electron chi connectivity index (χ4n) is 4.34. The average Bonchev–Trinajstić information content (AvgIpc) is 3.09. The molecule has 4 rings (SSSR count). The molecule has 0 spiro atoms. The number of carbonyl (C=O) groups excluding carboxylic acids is 1. The number of hydrogen-bond acceptors (Lipinski definition) is 3. The van der Waals surface area contributed by atoms with E-state index in [1.165, 1.54) is 22.3 Å². The molecular formula is C22H25NO3. The van der Waals surface area contributed by atoms with Gasteiger partial charge in [-0.05, 0) is 35.1 Å². The quantitative estimate of drug-likeness (QED) is 0.876. The van der Waals surface area contributed by atoms with Gasteiger partial charge in [-0.15, -0.1) is 0 Å². The van der Waals surface area contributed by atoms with E-state index < -0.39 is 6.09 Å². The lowest BCUT2D eigenvalue weighted by Gasteiger charge is -2.30. The Balaban J connectivity index is 1.46. The Labute approximate surface area is 154 Å². The minimum Gasteiger partial charge on any atom is -0.449 e. The number of aliphatic hydroxyl groups is 1. The van der Waals surface area contributed by atoms with Crippen molar-refractivity contribution in [2.24, 2.45) is 5.41 Å². The summed E-state index contributed by atoms with van der Waals surface area (Å²) < 4.78 is 5.60. The molecule has 0 bridgehead atoms. The van der Waals surface area contributed by atoms with Crippen LogP contribution in [0.3, 0.4) is 0 Å². The second-order valence-corrected chi connectivity index (χ2v) is 7.94. The fraction of sp³-hybridized carbons (Fsp3) is 0.409. The van der Waals surface area contributed by atoms with E-state index in [9.17, 15) is 9.90 Å². The molecule has 2 aliphatic carbocycles. The highest BCUT2D eigenvalue weighted by Crippen LogP contribution is 2.44. The number of carbonyl (C=O) groups is 1. The molecule has 0 radical (unpaired) electrons. The van der Waals surface area contributed by atoms with Gasteiger partial charge in [0.05, 0.1) is 6.10 Å². The van der Waals surface area contributed by atoms with Crippen molar-refractivity contribution in [3.8, 4) is 11.1 Å². The van der Waals surface area contributed by atoms with Crippen molar-refractivity contribution in [3.63, 3.8) is 0 Å². The van der Waals surface area contributed by atoms with E-state index in [-0.39, 0.29) is 23.5 Å². The van der Waals surface area contributed by atoms with Crippen LogP contribution in [-0.4, -0.2) is 30.0 Å². The predicted octanol–water partition coefficient (Wildman–Crippen LogP) is 4.07. The number of aliphatic hydroxyl groups excluding tert-OH is 1. The van der Waals surface area contributed by atoms with E-state index in [1.807, 2.05) is 38.1 Å². The van der Waals surface area contributed by atoms with Crippen molar-refractivity contribution >= 4 is 6.09 Å². The lowest BCUT2D eigenvalue weighted by Crippen LogP contribution is -2.45. The third-order valence-corrected chi connectivity index (χ3v) is 6.12. The Morgan fingerprint density at radius 2 is 1.65 bits per heavy atom. The molecule has 1 saturated carbocycles. The monoisotopic (exact) mass is 351 g/mol. The summed E-state index contributed by atoms with van der Waals surface area (Å²) in [4.78, 5) is 12.4. The van der Waals surface area contributed by atoms with Crippen molar-refractivity contribution in [2.45, 2.75) is 44.8 Å². The molecule has 2 aromatic rings. The van der Waals surface area contributed by atoms with E-state index >= 15 is 0 Å². The number of alkyl carbamates (subject to hydrolysis) is 1. The van der Waals surface area contributed by atoms with E-state index in [1.54, 1.807) is 0 Å². The summed E-state index contributed by atoms with van der Waals surface area (Å²) in [5.41, 5.74) is 4.52. The summed E-state index contributed by atoms with van der Waals surface area (Å²) in [6.45, 7) is 4.29. The number of nitrogens with one attached hydrogen (secondary N) is 1. The molecule has 0 saturated heterocycles. The number of rotatable bonds is 3. The molecule has 4 heteroatoms. The summed E-state index contributed by atoms with van der Waals surface area (Å²) in [5.74, 6) is 0.0651. The first-order valence-corrected chi connectivity index (χ1v) is 9.28. The van der Waals surface area contributed by atoms with E-state index in [0.717, 1.165) is 6.42 Å². The summed E-state index contributed by atoms with van der Waals surface area (Å²) >= 11 is 0. The molecule has 1 fully saturated rings. The van der Waals surface area contributed by atoms with Gasteiger partial charge in [0, 0.05) is 17.4 Å². The van der Waals surface area contributed by atoms with Gasteiger partial charge >= 0.3 is 6.09 Å². The second-order valence-electron chi connectivity index (χ2n) is 7.94. The molecule has 2 aliphatic rings. The molecule has 0 aromatic heterocycles. The number of ether oxygens (including phenoxy) is 1. The van der Waals surface area contributed by atoms with Crippen LogP contribution < -0.4 is 5.32 Å². The third-order valence-electron chi connectivity index (χ3n) is 6.12. The summed E-state index contributed by atoms with van der Waals surface area (Å²) in [6.07, 6.45) is 0.695. The third kappa shape index (κ3) is 2.78. The molecule has 1 amide bonds. The maximum absolute atomic E-state index is 12.4.